The van der Waals surface area contributed by atoms with E-state index in [1.54, 1.807) is 0 Å². The molecular formula is C24H25N3O2. The molecule has 4 rings (SSSR count). The molecule has 148 valence electrons. The Morgan fingerprint density at radius 1 is 1.07 bits per heavy atom. The Balaban J connectivity index is 1.57. The number of carbonyl (C=O) groups is 1. The van der Waals surface area contributed by atoms with E-state index in [0.717, 1.165) is 65.7 Å². The van der Waals surface area contributed by atoms with Crippen LogP contribution >= 0.6 is 0 Å². The third kappa shape index (κ3) is 4.14. The minimum Gasteiger partial charge on any atom is -0.322 e. The molecule has 2 N–H and O–H groups in total. The number of amides is 1. The molecule has 29 heavy (non-hydrogen) atoms. The van der Waals surface area contributed by atoms with E-state index in [9.17, 15) is 9.59 Å². The summed E-state index contributed by atoms with van der Waals surface area (Å²) in [5, 5.41) is 9.98. The fourth-order valence-corrected chi connectivity index (χ4v) is 4.03. The van der Waals surface area contributed by atoms with E-state index in [-0.39, 0.29) is 11.5 Å². The number of aromatic amines is 1. The van der Waals surface area contributed by atoms with Gasteiger partial charge in [-0.3, -0.25) is 9.59 Å². The van der Waals surface area contributed by atoms with Crippen LogP contribution < -0.4 is 10.9 Å². The number of hydrogen-bond donors (Lipinski definition) is 2. The average Bonchev–Trinajstić information content (AvgIpc) is 2.76. The maximum atomic E-state index is 12.8. The van der Waals surface area contributed by atoms with Crippen molar-refractivity contribution in [3.8, 4) is 0 Å². The van der Waals surface area contributed by atoms with Crippen LogP contribution in [-0.2, 0) is 25.7 Å². The molecule has 0 radical (unpaired) electrons. The summed E-state index contributed by atoms with van der Waals surface area (Å²) in [6, 6.07) is 15.5. The summed E-state index contributed by atoms with van der Waals surface area (Å²) in [5.74, 6) is -0.121. The van der Waals surface area contributed by atoms with Gasteiger partial charge >= 0.3 is 0 Å². The van der Waals surface area contributed by atoms with Crippen LogP contribution in [0.1, 0.15) is 58.1 Å². The minimum absolute atomic E-state index is 0.0637. The van der Waals surface area contributed by atoms with Gasteiger partial charge in [-0.05, 0) is 67.0 Å². The SMILES string of the molecule is CCc1ccccc1NC(=O)c1cccc(Cc2n[nH]c(=O)c3c2CCCC3)c1. The van der Waals surface area contributed by atoms with Gasteiger partial charge in [0.05, 0.1) is 5.69 Å². The Morgan fingerprint density at radius 3 is 2.69 bits per heavy atom. The molecule has 5 nitrogen and oxygen atoms in total. The highest BCUT2D eigenvalue weighted by Crippen LogP contribution is 2.23. The Morgan fingerprint density at radius 2 is 1.86 bits per heavy atom. The molecule has 0 unspecified atom stereocenters. The van der Waals surface area contributed by atoms with Crippen molar-refractivity contribution in [2.45, 2.75) is 45.4 Å². The van der Waals surface area contributed by atoms with Crippen molar-refractivity contribution < 1.29 is 4.79 Å². The largest absolute Gasteiger partial charge is 0.322 e. The van der Waals surface area contributed by atoms with Gasteiger partial charge in [0.25, 0.3) is 11.5 Å². The molecule has 1 aliphatic rings. The average molecular weight is 387 g/mol. The molecule has 0 saturated carbocycles. The van der Waals surface area contributed by atoms with E-state index in [1.165, 1.54) is 0 Å². The number of fused-ring (bicyclic) bond motifs is 1. The maximum absolute atomic E-state index is 12.8. The lowest BCUT2D eigenvalue weighted by Gasteiger charge is -2.17. The normalized spacial score (nSPS) is 13.0. The molecule has 0 atom stereocenters. The zero-order chi connectivity index (χ0) is 20.2. The third-order valence-electron chi connectivity index (χ3n) is 5.59. The van der Waals surface area contributed by atoms with Crippen molar-refractivity contribution in [2.24, 2.45) is 0 Å². The molecule has 3 aromatic rings. The molecule has 0 saturated heterocycles. The predicted octanol–water partition coefficient (Wildman–Crippen LogP) is 4.05. The van der Waals surface area contributed by atoms with Crippen LogP contribution in [0.2, 0.25) is 0 Å². The maximum Gasteiger partial charge on any atom is 0.267 e. The van der Waals surface area contributed by atoms with Gasteiger partial charge in [0, 0.05) is 23.2 Å². The predicted molar refractivity (Wildman–Crippen MR) is 115 cm³/mol. The first-order valence-corrected chi connectivity index (χ1v) is 10.2. The molecule has 0 bridgehead atoms. The molecule has 1 amide bonds. The zero-order valence-corrected chi connectivity index (χ0v) is 16.6. The van der Waals surface area contributed by atoms with Crippen LogP contribution in [0.4, 0.5) is 5.69 Å². The van der Waals surface area contributed by atoms with Crippen LogP contribution in [0.15, 0.2) is 53.3 Å². The smallest absolute Gasteiger partial charge is 0.267 e. The highest BCUT2D eigenvalue weighted by Gasteiger charge is 2.18. The Labute approximate surface area is 170 Å². The number of rotatable bonds is 5. The van der Waals surface area contributed by atoms with Gasteiger partial charge in [-0.2, -0.15) is 5.10 Å². The molecule has 2 aromatic carbocycles. The second kappa shape index (κ2) is 8.43. The van der Waals surface area contributed by atoms with E-state index in [4.69, 9.17) is 0 Å². The lowest BCUT2D eigenvalue weighted by molar-refractivity contribution is 0.102. The molecular weight excluding hydrogens is 362 g/mol. The van der Waals surface area contributed by atoms with Crippen molar-refractivity contribution in [3.05, 3.63) is 92.4 Å². The van der Waals surface area contributed by atoms with E-state index in [2.05, 4.69) is 22.4 Å². The molecule has 1 heterocycles. The van der Waals surface area contributed by atoms with Crippen molar-refractivity contribution in [1.29, 1.82) is 0 Å². The first-order chi connectivity index (χ1) is 14.2. The van der Waals surface area contributed by atoms with E-state index >= 15 is 0 Å². The van der Waals surface area contributed by atoms with E-state index in [0.29, 0.717) is 12.0 Å². The summed E-state index contributed by atoms with van der Waals surface area (Å²) in [5.41, 5.74) is 6.40. The Hall–Kier alpha value is -3.21. The topological polar surface area (TPSA) is 74.8 Å². The summed E-state index contributed by atoms with van der Waals surface area (Å²) in [7, 11) is 0. The van der Waals surface area contributed by atoms with Crippen LogP contribution in [0, 0.1) is 0 Å². The lowest BCUT2D eigenvalue weighted by Crippen LogP contribution is -2.23. The van der Waals surface area contributed by atoms with E-state index < -0.39 is 0 Å². The Kier molecular flexibility index (Phi) is 5.56. The molecule has 0 aliphatic heterocycles. The zero-order valence-electron chi connectivity index (χ0n) is 16.6. The second-order valence-corrected chi connectivity index (χ2v) is 7.51. The van der Waals surface area contributed by atoms with Gasteiger partial charge in [-0.15, -0.1) is 0 Å². The standard InChI is InChI=1S/C24H25N3O2/c1-2-17-9-3-6-13-21(17)25-23(28)18-10-7-8-16(14-18)15-22-19-11-4-5-12-20(19)24(29)27-26-22/h3,6-10,13-14H,2,4-5,11-12,15H2,1H3,(H,25,28)(H,27,29). The number of H-pyrrole nitrogens is 1. The number of aryl methyl sites for hydroxylation is 1. The summed E-state index contributed by atoms with van der Waals surface area (Å²) in [4.78, 5) is 24.9. The second-order valence-electron chi connectivity index (χ2n) is 7.51. The van der Waals surface area contributed by atoms with Crippen molar-refractivity contribution in [3.63, 3.8) is 0 Å². The molecule has 5 heteroatoms. The number of anilines is 1. The van der Waals surface area contributed by atoms with Crippen molar-refractivity contribution in [1.82, 2.24) is 10.2 Å². The van der Waals surface area contributed by atoms with Gasteiger partial charge in [-0.25, -0.2) is 5.10 Å². The van der Waals surface area contributed by atoms with Crippen LogP contribution in [0.3, 0.4) is 0 Å². The number of benzene rings is 2. The number of nitrogens with zero attached hydrogens (tertiary/aromatic N) is 1. The number of hydrogen-bond acceptors (Lipinski definition) is 3. The van der Waals surface area contributed by atoms with Crippen LogP contribution in [0.25, 0.3) is 0 Å². The number of nitrogens with one attached hydrogen (secondary N) is 2. The monoisotopic (exact) mass is 387 g/mol. The molecule has 1 aromatic heterocycles. The van der Waals surface area contributed by atoms with Crippen LogP contribution in [-0.4, -0.2) is 16.1 Å². The first kappa shape index (κ1) is 19.1. The summed E-state index contributed by atoms with van der Waals surface area (Å²) in [6.45, 7) is 2.07. The molecule has 1 aliphatic carbocycles. The fraction of sp³-hybridized carbons (Fsp3) is 0.292. The first-order valence-electron chi connectivity index (χ1n) is 10.2. The third-order valence-corrected chi connectivity index (χ3v) is 5.59. The minimum atomic E-state index is -0.121. The van der Waals surface area contributed by atoms with Gasteiger partial charge < -0.3 is 5.32 Å². The molecule has 0 spiro atoms. The number of aromatic nitrogens is 2. The van der Waals surface area contributed by atoms with Gasteiger partial charge in [-0.1, -0.05) is 37.3 Å². The van der Waals surface area contributed by atoms with Gasteiger partial charge in [0.2, 0.25) is 0 Å². The van der Waals surface area contributed by atoms with Crippen molar-refractivity contribution >= 4 is 11.6 Å². The summed E-state index contributed by atoms with van der Waals surface area (Å²) < 4.78 is 0. The highest BCUT2D eigenvalue weighted by atomic mass is 16.1. The van der Waals surface area contributed by atoms with Crippen molar-refractivity contribution in [2.75, 3.05) is 5.32 Å². The Bertz CT molecular complexity index is 1100. The quantitative estimate of drug-likeness (QED) is 0.693. The fourth-order valence-electron chi connectivity index (χ4n) is 4.03. The highest BCUT2D eigenvalue weighted by molar-refractivity contribution is 6.04. The molecule has 0 fully saturated rings. The number of carbonyl (C=O) groups excluding carboxylic acids is 1. The number of para-hydroxylation sites is 1. The van der Waals surface area contributed by atoms with E-state index in [1.807, 2.05) is 48.5 Å². The van der Waals surface area contributed by atoms with Crippen LogP contribution in [0.5, 0.6) is 0 Å². The summed E-state index contributed by atoms with van der Waals surface area (Å²) in [6.07, 6.45) is 5.32. The van der Waals surface area contributed by atoms with Gasteiger partial charge in [0.1, 0.15) is 0 Å². The van der Waals surface area contributed by atoms with Gasteiger partial charge in [0.15, 0.2) is 0 Å². The summed E-state index contributed by atoms with van der Waals surface area (Å²) >= 11 is 0. The lowest BCUT2D eigenvalue weighted by atomic mass is 9.90.